The van der Waals surface area contributed by atoms with Gasteiger partial charge in [-0.1, -0.05) is 37.5 Å². The maximum atomic E-state index is 12.3. The van der Waals surface area contributed by atoms with E-state index in [4.69, 9.17) is 5.21 Å². The average Bonchev–Trinajstić information content (AvgIpc) is 3.35. The van der Waals surface area contributed by atoms with Crippen LogP contribution in [0.4, 0.5) is 0 Å². The van der Waals surface area contributed by atoms with Crippen LogP contribution in [0.5, 0.6) is 0 Å². The van der Waals surface area contributed by atoms with E-state index >= 15 is 0 Å². The SMILES string of the molecule is C.C[C@@H](O)[C@H](NC(=O)c1ccc(C#Cc2ccc(CNCc3cccs3)cc2)cc1)C(=O)NO. The van der Waals surface area contributed by atoms with Crippen LogP contribution in [0.15, 0.2) is 66.0 Å². The summed E-state index contributed by atoms with van der Waals surface area (Å²) in [6.07, 6.45) is -1.17. The lowest BCUT2D eigenvalue weighted by Crippen LogP contribution is -2.51. The quantitative estimate of drug-likeness (QED) is 0.194. The Balaban J connectivity index is 0.00000408. The fraction of sp³-hybridized carbons (Fsp3) is 0.231. The van der Waals surface area contributed by atoms with E-state index in [-0.39, 0.29) is 7.43 Å². The van der Waals surface area contributed by atoms with Crippen LogP contribution in [0.1, 0.15) is 46.3 Å². The van der Waals surface area contributed by atoms with Gasteiger partial charge in [0, 0.05) is 34.7 Å². The van der Waals surface area contributed by atoms with Gasteiger partial charge in [-0.05, 0) is 60.3 Å². The number of amides is 2. The lowest BCUT2D eigenvalue weighted by Gasteiger charge is -2.19. The van der Waals surface area contributed by atoms with Crippen molar-refractivity contribution < 1.29 is 19.9 Å². The zero-order chi connectivity index (χ0) is 23.6. The molecule has 0 aliphatic carbocycles. The van der Waals surface area contributed by atoms with Crippen LogP contribution in [0.2, 0.25) is 0 Å². The third-order valence-electron chi connectivity index (χ3n) is 4.82. The second-order valence-corrected chi connectivity index (χ2v) is 8.41. The van der Waals surface area contributed by atoms with Gasteiger partial charge in [-0.2, -0.15) is 0 Å². The minimum atomic E-state index is -1.27. The van der Waals surface area contributed by atoms with Gasteiger partial charge in [0.05, 0.1) is 6.10 Å². The molecule has 0 unspecified atom stereocenters. The van der Waals surface area contributed by atoms with Crippen molar-refractivity contribution in [3.8, 4) is 11.8 Å². The molecule has 0 aliphatic heterocycles. The molecule has 2 atom stereocenters. The summed E-state index contributed by atoms with van der Waals surface area (Å²) in [6, 6.07) is 17.5. The summed E-state index contributed by atoms with van der Waals surface area (Å²) < 4.78 is 0. The monoisotopic (exact) mass is 479 g/mol. The van der Waals surface area contributed by atoms with Gasteiger partial charge < -0.3 is 15.7 Å². The fourth-order valence-corrected chi connectivity index (χ4v) is 3.67. The van der Waals surface area contributed by atoms with E-state index in [2.05, 4.69) is 33.9 Å². The Labute approximate surface area is 203 Å². The van der Waals surface area contributed by atoms with Crippen LogP contribution in [0, 0.1) is 11.8 Å². The summed E-state index contributed by atoms with van der Waals surface area (Å²) in [4.78, 5) is 25.2. The van der Waals surface area contributed by atoms with Gasteiger partial charge in [0.2, 0.25) is 0 Å². The normalized spacial score (nSPS) is 11.9. The number of thiophene rings is 1. The number of nitrogens with one attached hydrogen (secondary N) is 3. The summed E-state index contributed by atoms with van der Waals surface area (Å²) in [5.41, 5.74) is 4.52. The van der Waals surface area contributed by atoms with Gasteiger partial charge in [-0.3, -0.25) is 14.8 Å². The molecule has 0 aliphatic rings. The lowest BCUT2D eigenvalue weighted by atomic mass is 10.1. The van der Waals surface area contributed by atoms with E-state index < -0.39 is 24.0 Å². The summed E-state index contributed by atoms with van der Waals surface area (Å²) in [7, 11) is 0. The fourth-order valence-electron chi connectivity index (χ4n) is 3.00. The second-order valence-electron chi connectivity index (χ2n) is 7.37. The third-order valence-corrected chi connectivity index (χ3v) is 5.70. The first kappa shape index (κ1) is 26.8. The van der Waals surface area contributed by atoms with Crippen molar-refractivity contribution in [2.75, 3.05) is 0 Å². The van der Waals surface area contributed by atoms with Crippen molar-refractivity contribution >= 4 is 23.2 Å². The summed E-state index contributed by atoms with van der Waals surface area (Å²) in [6.45, 7) is 2.97. The molecule has 3 rings (SSSR count). The Morgan fingerprint density at radius 3 is 2.12 bits per heavy atom. The van der Waals surface area contributed by atoms with E-state index in [1.807, 2.05) is 30.3 Å². The molecular formula is C26H29N3O4S. The molecule has 1 aromatic heterocycles. The lowest BCUT2D eigenvalue weighted by molar-refractivity contribution is -0.133. The first-order valence-electron chi connectivity index (χ1n) is 10.3. The zero-order valence-corrected chi connectivity index (χ0v) is 18.9. The summed E-state index contributed by atoms with van der Waals surface area (Å²) >= 11 is 1.73. The molecular weight excluding hydrogens is 450 g/mol. The highest BCUT2D eigenvalue weighted by Crippen LogP contribution is 2.09. The number of rotatable bonds is 8. The first-order chi connectivity index (χ1) is 16.0. The number of hydrogen-bond donors (Lipinski definition) is 5. The number of hydroxylamine groups is 1. The molecule has 2 aromatic carbocycles. The Morgan fingerprint density at radius 1 is 0.971 bits per heavy atom. The van der Waals surface area contributed by atoms with Crippen molar-refractivity contribution in [2.24, 2.45) is 0 Å². The van der Waals surface area contributed by atoms with Crippen LogP contribution in [0.25, 0.3) is 0 Å². The van der Waals surface area contributed by atoms with Crippen molar-refractivity contribution in [2.45, 2.75) is 39.6 Å². The first-order valence-corrected chi connectivity index (χ1v) is 11.2. The molecule has 8 heteroatoms. The third kappa shape index (κ3) is 7.83. The minimum absolute atomic E-state index is 0. The van der Waals surface area contributed by atoms with Gasteiger partial charge in [0.1, 0.15) is 6.04 Å². The molecule has 5 N–H and O–H groups in total. The van der Waals surface area contributed by atoms with Gasteiger partial charge >= 0.3 is 0 Å². The van der Waals surface area contributed by atoms with Crippen LogP contribution in [-0.2, 0) is 17.9 Å². The molecule has 0 spiro atoms. The van der Waals surface area contributed by atoms with Gasteiger partial charge in [0.25, 0.3) is 11.8 Å². The van der Waals surface area contributed by atoms with Crippen molar-refractivity contribution in [3.05, 3.63) is 93.2 Å². The van der Waals surface area contributed by atoms with Crippen molar-refractivity contribution in [1.82, 2.24) is 16.1 Å². The Hall–Kier alpha value is -3.48. The van der Waals surface area contributed by atoms with E-state index in [1.165, 1.54) is 22.8 Å². The molecule has 0 fully saturated rings. The van der Waals surface area contributed by atoms with Crippen LogP contribution in [-0.4, -0.2) is 34.3 Å². The number of carbonyl (C=O) groups is 2. The van der Waals surface area contributed by atoms with E-state index in [9.17, 15) is 14.7 Å². The predicted octanol–water partition coefficient (Wildman–Crippen LogP) is 3.06. The standard InChI is InChI=1S/C25H25N3O4S.CH4/c1-17(29)23(25(31)28-32)27-24(30)21-12-10-19(11-13-21)5-4-18-6-8-20(9-7-18)15-26-16-22-3-2-14-33-22;/h2-3,6-14,17,23,26,29,32H,15-16H2,1H3,(H,27,30)(H,28,31);1H4/t17-,23+;/m1./s1. The molecule has 34 heavy (non-hydrogen) atoms. The zero-order valence-electron chi connectivity index (χ0n) is 18.0. The van der Waals surface area contributed by atoms with Crippen molar-refractivity contribution in [3.63, 3.8) is 0 Å². The largest absolute Gasteiger partial charge is 0.391 e. The van der Waals surface area contributed by atoms with Crippen LogP contribution >= 0.6 is 11.3 Å². The van der Waals surface area contributed by atoms with Crippen LogP contribution < -0.4 is 16.1 Å². The van der Waals surface area contributed by atoms with Gasteiger partial charge in [-0.15, -0.1) is 11.3 Å². The van der Waals surface area contributed by atoms with Crippen molar-refractivity contribution in [1.29, 1.82) is 0 Å². The Kier molecular flexibility index (Phi) is 10.5. The van der Waals surface area contributed by atoms with Crippen LogP contribution in [0.3, 0.4) is 0 Å². The molecule has 1 heterocycles. The van der Waals surface area contributed by atoms with E-state index in [0.717, 1.165) is 24.2 Å². The average molecular weight is 480 g/mol. The minimum Gasteiger partial charge on any atom is -0.391 e. The number of hydrogen-bond acceptors (Lipinski definition) is 6. The molecule has 0 saturated carbocycles. The number of aliphatic hydroxyl groups excluding tert-OH is 1. The number of aliphatic hydroxyl groups is 1. The second kappa shape index (κ2) is 13.3. The topological polar surface area (TPSA) is 111 Å². The van der Waals surface area contributed by atoms with Gasteiger partial charge in [0.15, 0.2) is 0 Å². The molecule has 178 valence electrons. The number of carbonyl (C=O) groups excluding carboxylic acids is 2. The highest BCUT2D eigenvalue weighted by molar-refractivity contribution is 7.09. The summed E-state index contributed by atoms with van der Waals surface area (Å²) in [5.74, 6) is 4.72. The molecule has 0 bridgehead atoms. The van der Waals surface area contributed by atoms with Gasteiger partial charge in [-0.25, -0.2) is 5.48 Å². The molecule has 2 amide bonds. The maximum Gasteiger partial charge on any atom is 0.268 e. The van der Waals surface area contributed by atoms with E-state index in [1.54, 1.807) is 35.6 Å². The molecule has 0 saturated heterocycles. The highest BCUT2D eigenvalue weighted by atomic mass is 32.1. The summed E-state index contributed by atoms with van der Waals surface area (Å²) in [5, 5.41) is 26.2. The Bertz CT molecular complexity index is 1120. The maximum absolute atomic E-state index is 12.3. The smallest absolute Gasteiger partial charge is 0.268 e. The predicted molar refractivity (Wildman–Crippen MR) is 133 cm³/mol. The highest BCUT2D eigenvalue weighted by Gasteiger charge is 2.25. The van der Waals surface area contributed by atoms with E-state index in [0.29, 0.717) is 5.56 Å². The number of benzene rings is 2. The molecule has 7 nitrogen and oxygen atoms in total. The molecule has 3 aromatic rings. The molecule has 0 radical (unpaired) electrons. The Morgan fingerprint density at radius 2 is 1.59 bits per heavy atom.